The molecule has 2 rings (SSSR count). The summed E-state index contributed by atoms with van der Waals surface area (Å²) in [5, 5.41) is 0. The molecular formula is C13H25N3O3S. The lowest BCUT2D eigenvalue weighted by molar-refractivity contribution is -0.135. The van der Waals surface area contributed by atoms with E-state index in [1.54, 1.807) is 0 Å². The van der Waals surface area contributed by atoms with Gasteiger partial charge in [0, 0.05) is 25.7 Å². The Balaban J connectivity index is 1.92. The molecule has 6 nitrogen and oxygen atoms in total. The Kier molecular flexibility index (Phi) is 5.04. The fourth-order valence-corrected chi connectivity index (χ4v) is 3.91. The lowest BCUT2D eigenvalue weighted by atomic mass is 10.0. The van der Waals surface area contributed by atoms with Gasteiger partial charge in [-0.2, -0.15) is 0 Å². The maximum Gasteiger partial charge on any atom is 0.239 e. The molecule has 2 aliphatic rings. The lowest BCUT2D eigenvalue weighted by Gasteiger charge is -2.37. The number of hydrogen-bond donors (Lipinski definition) is 1. The van der Waals surface area contributed by atoms with Crippen molar-refractivity contribution in [3.8, 4) is 0 Å². The van der Waals surface area contributed by atoms with Crippen molar-refractivity contribution in [3.05, 3.63) is 0 Å². The van der Waals surface area contributed by atoms with Gasteiger partial charge in [-0.1, -0.05) is 0 Å². The highest BCUT2D eigenvalue weighted by atomic mass is 32.2. The van der Waals surface area contributed by atoms with Gasteiger partial charge < -0.3 is 4.90 Å². The van der Waals surface area contributed by atoms with Gasteiger partial charge in [0.2, 0.25) is 15.9 Å². The first-order chi connectivity index (χ1) is 9.37. The van der Waals surface area contributed by atoms with E-state index in [-0.39, 0.29) is 18.0 Å². The number of piperidine rings is 1. The van der Waals surface area contributed by atoms with E-state index in [0.29, 0.717) is 6.54 Å². The van der Waals surface area contributed by atoms with Gasteiger partial charge in [-0.15, -0.1) is 0 Å². The van der Waals surface area contributed by atoms with Crippen LogP contribution in [0.3, 0.4) is 0 Å². The topological polar surface area (TPSA) is 69.7 Å². The number of sulfonamides is 1. The normalized spacial score (nSPS) is 26.7. The Labute approximate surface area is 121 Å². The summed E-state index contributed by atoms with van der Waals surface area (Å²) in [5.74, 6) is 0.183. The van der Waals surface area contributed by atoms with E-state index in [0.717, 1.165) is 45.3 Å². The number of likely N-dealkylation sites (tertiary alicyclic amines) is 2. The number of nitrogens with zero attached hydrogens (tertiary/aromatic N) is 2. The molecule has 0 radical (unpaired) electrons. The third-order valence-corrected chi connectivity index (χ3v) is 4.92. The third-order valence-electron chi connectivity index (χ3n) is 4.16. The van der Waals surface area contributed by atoms with Gasteiger partial charge in [-0.3, -0.25) is 9.69 Å². The Morgan fingerprint density at radius 3 is 2.45 bits per heavy atom. The maximum absolute atomic E-state index is 12.4. The summed E-state index contributed by atoms with van der Waals surface area (Å²) in [6.45, 7) is 5.14. The standard InChI is InChI=1S/C13H25N3O3S/c1-11(13(17)15-7-3-4-8-15)16-9-5-6-12(10-16)14-20(2,18)19/h11-12,14H,3-10H2,1-2H3. The Morgan fingerprint density at radius 1 is 1.20 bits per heavy atom. The molecule has 2 heterocycles. The maximum atomic E-state index is 12.4. The van der Waals surface area contributed by atoms with Crippen molar-refractivity contribution in [1.29, 1.82) is 0 Å². The second-order valence-corrected chi connectivity index (χ2v) is 7.71. The van der Waals surface area contributed by atoms with Crippen LogP contribution in [0.25, 0.3) is 0 Å². The minimum atomic E-state index is -3.18. The van der Waals surface area contributed by atoms with E-state index in [4.69, 9.17) is 0 Å². The largest absolute Gasteiger partial charge is 0.341 e. The molecule has 0 saturated carbocycles. The Bertz CT molecular complexity index is 446. The molecule has 2 aliphatic heterocycles. The van der Waals surface area contributed by atoms with Gasteiger partial charge in [0.15, 0.2) is 0 Å². The van der Waals surface area contributed by atoms with Crippen molar-refractivity contribution < 1.29 is 13.2 Å². The number of carbonyl (C=O) groups is 1. The molecule has 7 heteroatoms. The van der Waals surface area contributed by atoms with Crippen LogP contribution in [0, 0.1) is 0 Å². The van der Waals surface area contributed by atoms with Crippen LogP contribution < -0.4 is 4.72 Å². The molecule has 1 N–H and O–H groups in total. The van der Waals surface area contributed by atoms with Gasteiger partial charge in [0.05, 0.1) is 12.3 Å². The Hall–Kier alpha value is -0.660. The third kappa shape index (κ3) is 4.17. The van der Waals surface area contributed by atoms with E-state index in [1.807, 2.05) is 11.8 Å². The molecule has 2 unspecified atom stereocenters. The highest BCUT2D eigenvalue weighted by Crippen LogP contribution is 2.17. The second kappa shape index (κ2) is 6.41. The van der Waals surface area contributed by atoms with E-state index in [1.165, 1.54) is 6.26 Å². The van der Waals surface area contributed by atoms with Gasteiger partial charge in [0.1, 0.15) is 0 Å². The summed E-state index contributed by atoms with van der Waals surface area (Å²) in [6, 6.07) is -0.232. The van der Waals surface area contributed by atoms with Crippen LogP contribution in [0.5, 0.6) is 0 Å². The van der Waals surface area contributed by atoms with Crippen LogP contribution >= 0.6 is 0 Å². The van der Waals surface area contributed by atoms with Gasteiger partial charge in [0.25, 0.3) is 0 Å². The van der Waals surface area contributed by atoms with E-state index >= 15 is 0 Å². The summed E-state index contributed by atoms with van der Waals surface area (Å²) in [6.07, 6.45) is 5.14. The summed E-state index contributed by atoms with van der Waals surface area (Å²) >= 11 is 0. The first-order valence-corrected chi connectivity index (χ1v) is 9.26. The van der Waals surface area contributed by atoms with Crippen molar-refractivity contribution in [3.63, 3.8) is 0 Å². The summed E-state index contributed by atoms with van der Waals surface area (Å²) in [4.78, 5) is 16.4. The molecule has 20 heavy (non-hydrogen) atoms. The number of nitrogens with one attached hydrogen (secondary N) is 1. The van der Waals surface area contributed by atoms with Gasteiger partial charge in [-0.25, -0.2) is 13.1 Å². The van der Waals surface area contributed by atoms with Crippen LogP contribution in [0.15, 0.2) is 0 Å². The quantitative estimate of drug-likeness (QED) is 0.794. The molecule has 0 aliphatic carbocycles. The molecule has 2 saturated heterocycles. The molecule has 0 aromatic carbocycles. The lowest BCUT2D eigenvalue weighted by Crippen LogP contribution is -2.54. The SMILES string of the molecule is CC(C(=O)N1CCCC1)N1CCCC(NS(C)(=O)=O)C1. The highest BCUT2D eigenvalue weighted by molar-refractivity contribution is 7.88. The number of amides is 1. The van der Waals surface area contributed by atoms with Gasteiger partial charge >= 0.3 is 0 Å². The van der Waals surface area contributed by atoms with Crippen LogP contribution in [0.2, 0.25) is 0 Å². The highest BCUT2D eigenvalue weighted by Gasteiger charge is 2.31. The molecule has 0 spiro atoms. The van der Waals surface area contributed by atoms with Crippen molar-refractivity contribution in [2.24, 2.45) is 0 Å². The van der Waals surface area contributed by atoms with Gasteiger partial charge in [-0.05, 0) is 39.2 Å². The molecule has 2 atom stereocenters. The Morgan fingerprint density at radius 2 is 1.85 bits per heavy atom. The molecule has 0 aromatic rings. The monoisotopic (exact) mass is 303 g/mol. The minimum absolute atomic E-state index is 0.0763. The zero-order valence-electron chi connectivity index (χ0n) is 12.3. The number of carbonyl (C=O) groups excluding carboxylic acids is 1. The molecule has 0 aromatic heterocycles. The van der Waals surface area contributed by atoms with Crippen LogP contribution in [-0.4, -0.2) is 68.6 Å². The van der Waals surface area contributed by atoms with Crippen molar-refractivity contribution >= 4 is 15.9 Å². The predicted octanol–water partition coefficient (Wildman–Crippen LogP) is 0.0109. The summed E-state index contributed by atoms with van der Waals surface area (Å²) in [5.41, 5.74) is 0. The van der Waals surface area contributed by atoms with Crippen molar-refractivity contribution in [2.45, 2.75) is 44.7 Å². The van der Waals surface area contributed by atoms with Crippen molar-refractivity contribution in [1.82, 2.24) is 14.5 Å². The predicted molar refractivity (Wildman–Crippen MR) is 77.9 cm³/mol. The fraction of sp³-hybridized carbons (Fsp3) is 0.923. The number of rotatable bonds is 4. The second-order valence-electron chi connectivity index (χ2n) is 5.93. The molecule has 2 fully saturated rings. The van der Waals surface area contributed by atoms with E-state index in [9.17, 15) is 13.2 Å². The van der Waals surface area contributed by atoms with Crippen LogP contribution in [0.4, 0.5) is 0 Å². The van der Waals surface area contributed by atoms with E-state index in [2.05, 4.69) is 9.62 Å². The summed E-state index contributed by atoms with van der Waals surface area (Å²) in [7, 11) is -3.18. The first kappa shape index (κ1) is 15.7. The van der Waals surface area contributed by atoms with Crippen LogP contribution in [-0.2, 0) is 14.8 Å². The first-order valence-electron chi connectivity index (χ1n) is 7.37. The van der Waals surface area contributed by atoms with Crippen molar-refractivity contribution in [2.75, 3.05) is 32.4 Å². The number of hydrogen-bond acceptors (Lipinski definition) is 4. The molecular weight excluding hydrogens is 278 g/mol. The molecule has 116 valence electrons. The minimum Gasteiger partial charge on any atom is -0.341 e. The smallest absolute Gasteiger partial charge is 0.239 e. The van der Waals surface area contributed by atoms with E-state index < -0.39 is 10.0 Å². The molecule has 0 bridgehead atoms. The zero-order valence-corrected chi connectivity index (χ0v) is 13.2. The molecule has 1 amide bonds. The average Bonchev–Trinajstić information content (AvgIpc) is 2.89. The average molecular weight is 303 g/mol. The summed E-state index contributed by atoms with van der Waals surface area (Å²) < 4.78 is 25.3. The zero-order chi connectivity index (χ0) is 14.8. The fourth-order valence-electron chi connectivity index (χ4n) is 3.12. The van der Waals surface area contributed by atoms with Crippen LogP contribution in [0.1, 0.15) is 32.6 Å².